The average molecular weight is 362 g/mol. The number of carbonyl (C=O) groups excluding carboxylic acids is 1. The molecular formula is C22H26N4O. The van der Waals surface area contributed by atoms with E-state index in [0.717, 1.165) is 66.1 Å². The third-order valence-corrected chi connectivity index (χ3v) is 5.42. The second-order valence-corrected chi connectivity index (χ2v) is 7.56. The van der Waals surface area contributed by atoms with Gasteiger partial charge in [0, 0.05) is 11.6 Å². The highest BCUT2D eigenvalue weighted by Crippen LogP contribution is 2.23. The van der Waals surface area contributed by atoms with Gasteiger partial charge >= 0.3 is 0 Å². The number of nitrogens with zero attached hydrogens (tertiary/aromatic N) is 2. The van der Waals surface area contributed by atoms with E-state index in [1.165, 1.54) is 0 Å². The summed E-state index contributed by atoms with van der Waals surface area (Å²) in [5, 5.41) is 3.13. The SMILES string of the molecule is Cc1ccc(C)c(NC(=O)C2CCN(Cc3nc4ccccc4[nH]3)CC2)c1. The Balaban J connectivity index is 1.33. The van der Waals surface area contributed by atoms with Crippen molar-refractivity contribution in [3.05, 3.63) is 59.4 Å². The number of carbonyl (C=O) groups is 1. The molecule has 5 nitrogen and oxygen atoms in total. The molecule has 1 aromatic heterocycles. The Morgan fingerprint density at radius 3 is 2.74 bits per heavy atom. The van der Waals surface area contributed by atoms with Gasteiger partial charge in [-0.05, 0) is 69.1 Å². The predicted octanol–water partition coefficient (Wildman–Crippen LogP) is 4.03. The summed E-state index contributed by atoms with van der Waals surface area (Å²) in [4.78, 5) is 23.1. The third kappa shape index (κ3) is 4.03. The maximum atomic E-state index is 12.7. The Labute approximate surface area is 159 Å². The first kappa shape index (κ1) is 17.7. The molecule has 0 unspecified atom stereocenters. The Bertz CT molecular complexity index is 921. The van der Waals surface area contributed by atoms with E-state index < -0.39 is 0 Å². The zero-order valence-electron chi connectivity index (χ0n) is 16.0. The lowest BCUT2D eigenvalue weighted by Crippen LogP contribution is -2.38. The fourth-order valence-electron chi connectivity index (χ4n) is 3.75. The zero-order chi connectivity index (χ0) is 18.8. The third-order valence-electron chi connectivity index (χ3n) is 5.42. The van der Waals surface area contributed by atoms with E-state index in [1.54, 1.807) is 0 Å². The number of anilines is 1. The van der Waals surface area contributed by atoms with Gasteiger partial charge in [-0.3, -0.25) is 9.69 Å². The number of likely N-dealkylation sites (tertiary alicyclic amines) is 1. The first-order chi connectivity index (χ1) is 13.1. The van der Waals surface area contributed by atoms with Crippen LogP contribution in [0.5, 0.6) is 0 Å². The van der Waals surface area contributed by atoms with E-state index in [-0.39, 0.29) is 11.8 Å². The van der Waals surface area contributed by atoms with Crippen LogP contribution in [0, 0.1) is 19.8 Å². The molecule has 3 aromatic rings. The number of imidazole rings is 1. The van der Waals surface area contributed by atoms with Crippen molar-refractivity contribution in [3.8, 4) is 0 Å². The molecule has 1 saturated heterocycles. The van der Waals surface area contributed by atoms with Crippen LogP contribution < -0.4 is 5.32 Å². The standard InChI is InChI=1S/C22H26N4O/c1-15-7-8-16(2)20(13-15)25-22(27)17-9-11-26(12-10-17)14-21-23-18-5-3-4-6-19(18)24-21/h3-8,13,17H,9-12,14H2,1-2H3,(H,23,24)(H,25,27). The molecule has 0 radical (unpaired) electrons. The fraction of sp³-hybridized carbons (Fsp3) is 0.364. The average Bonchev–Trinajstić information content (AvgIpc) is 3.07. The molecule has 0 bridgehead atoms. The first-order valence-corrected chi connectivity index (χ1v) is 9.62. The summed E-state index contributed by atoms with van der Waals surface area (Å²) in [6.45, 7) is 6.72. The van der Waals surface area contributed by atoms with Crippen LogP contribution in [0.3, 0.4) is 0 Å². The second-order valence-electron chi connectivity index (χ2n) is 7.56. The Hall–Kier alpha value is -2.66. The highest BCUT2D eigenvalue weighted by Gasteiger charge is 2.25. The van der Waals surface area contributed by atoms with Gasteiger partial charge in [-0.15, -0.1) is 0 Å². The molecule has 0 spiro atoms. The van der Waals surface area contributed by atoms with Gasteiger partial charge in [0.2, 0.25) is 5.91 Å². The summed E-state index contributed by atoms with van der Waals surface area (Å²) in [5.74, 6) is 1.22. The Morgan fingerprint density at radius 1 is 1.19 bits per heavy atom. The number of H-pyrrole nitrogens is 1. The molecular weight excluding hydrogens is 336 g/mol. The van der Waals surface area contributed by atoms with Crippen LogP contribution in [-0.4, -0.2) is 33.9 Å². The summed E-state index contributed by atoms with van der Waals surface area (Å²) in [6.07, 6.45) is 1.77. The molecule has 2 heterocycles. The van der Waals surface area contributed by atoms with E-state index in [2.05, 4.69) is 38.4 Å². The van der Waals surface area contributed by atoms with Crippen LogP contribution in [0.1, 0.15) is 29.8 Å². The van der Waals surface area contributed by atoms with Crippen molar-refractivity contribution in [1.82, 2.24) is 14.9 Å². The van der Waals surface area contributed by atoms with Crippen LogP contribution in [0.15, 0.2) is 42.5 Å². The largest absolute Gasteiger partial charge is 0.341 e. The van der Waals surface area contributed by atoms with Gasteiger partial charge in [0.05, 0.1) is 17.6 Å². The Morgan fingerprint density at radius 2 is 1.96 bits per heavy atom. The number of aromatic nitrogens is 2. The number of piperidine rings is 1. The van der Waals surface area contributed by atoms with Crippen molar-refractivity contribution < 1.29 is 4.79 Å². The van der Waals surface area contributed by atoms with Crippen molar-refractivity contribution in [2.45, 2.75) is 33.2 Å². The smallest absolute Gasteiger partial charge is 0.227 e. The molecule has 1 fully saturated rings. The number of para-hydroxylation sites is 2. The minimum absolute atomic E-state index is 0.0804. The molecule has 2 N–H and O–H groups in total. The second kappa shape index (κ2) is 7.53. The van der Waals surface area contributed by atoms with Gasteiger partial charge in [0.15, 0.2) is 0 Å². The van der Waals surface area contributed by atoms with Gasteiger partial charge in [-0.2, -0.15) is 0 Å². The monoisotopic (exact) mass is 362 g/mol. The van der Waals surface area contributed by atoms with Crippen molar-refractivity contribution >= 4 is 22.6 Å². The molecule has 5 heteroatoms. The maximum absolute atomic E-state index is 12.7. The molecule has 1 amide bonds. The Kier molecular flexibility index (Phi) is 4.94. The number of amides is 1. The molecule has 140 valence electrons. The summed E-state index contributed by atoms with van der Waals surface area (Å²) in [7, 11) is 0. The van der Waals surface area contributed by atoms with E-state index in [4.69, 9.17) is 0 Å². The van der Waals surface area contributed by atoms with E-state index in [1.807, 2.05) is 38.1 Å². The lowest BCUT2D eigenvalue weighted by Gasteiger charge is -2.30. The van der Waals surface area contributed by atoms with Crippen LogP contribution in [0.2, 0.25) is 0 Å². The molecule has 2 aromatic carbocycles. The zero-order valence-corrected chi connectivity index (χ0v) is 16.0. The minimum atomic E-state index is 0.0804. The van der Waals surface area contributed by atoms with Gasteiger partial charge in [0.1, 0.15) is 5.82 Å². The van der Waals surface area contributed by atoms with Crippen LogP contribution in [0.25, 0.3) is 11.0 Å². The summed E-state index contributed by atoms with van der Waals surface area (Å²) >= 11 is 0. The van der Waals surface area contributed by atoms with Crippen molar-refractivity contribution in [1.29, 1.82) is 0 Å². The molecule has 4 rings (SSSR count). The maximum Gasteiger partial charge on any atom is 0.227 e. The number of aromatic amines is 1. The molecule has 0 atom stereocenters. The van der Waals surface area contributed by atoms with Gasteiger partial charge in [0.25, 0.3) is 0 Å². The molecule has 0 aliphatic carbocycles. The van der Waals surface area contributed by atoms with E-state index >= 15 is 0 Å². The normalized spacial score (nSPS) is 15.9. The number of aryl methyl sites for hydroxylation is 2. The molecule has 0 saturated carbocycles. The van der Waals surface area contributed by atoms with Crippen LogP contribution in [0.4, 0.5) is 5.69 Å². The molecule has 1 aliphatic heterocycles. The number of hydrogen-bond acceptors (Lipinski definition) is 3. The number of fused-ring (bicyclic) bond motifs is 1. The molecule has 1 aliphatic rings. The minimum Gasteiger partial charge on any atom is -0.341 e. The number of rotatable bonds is 4. The lowest BCUT2D eigenvalue weighted by atomic mass is 9.95. The topological polar surface area (TPSA) is 61.0 Å². The van der Waals surface area contributed by atoms with E-state index in [9.17, 15) is 4.79 Å². The van der Waals surface area contributed by atoms with Crippen molar-refractivity contribution in [3.63, 3.8) is 0 Å². The predicted molar refractivity (Wildman–Crippen MR) is 109 cm³/mol. The summed E-state index contributed by atoms with van der Waals surface area (Å²) < 4.78 is 0. The highest BCUT2D eigenvalue weighted by atomic mass is 16.1. The van der Waals surface area contributed by atoms with Crippen molar-refractivity contribution in [2.75, 3.05) is 18.4 Å². The van der Waals surface area contributed by atoms with Crippen LogP contribution >= 0.6 is 0 Å². The number of nitrogens with one attached hydrogen (secondary N) is 2. The van der Waals surface area contributed by atoms with Crippen molar-refractivity contribution in [2.24, 2.45) is 5.92 Å². The van der Waals surface area contributed by atoms with Gasteiger partial charge in [-0.25, -0.2) is 4.98 Å². The quantitative estimate of drug-likeness (QED) is 0.737. The first-order valence-electron chi connectivity index (χ1n) is 9.62. The van der Waals surface area contributed by atoms with Gasteiger partial charge < -0.3 is 10.3 Å². The van der Waals surface area contributed by atoms with Gasteiger partial charge in [-0.1, -0.05) is 24.3 Å². The number of benzene rings is 2. The highest BCUT2D eigenvalue weighted by molar-refractivity contribution is 5.93. The van der Waals surface area contributed by atoms with E-state index in [0.29, 0.717) is 0 Å². The summed E-state index contributed by atoms with van der Waals surface area (Å²) in [5.41, 5.74) is 5.29. The number of hydrogen-bond donors (Lipinski definition) is 2. The molecule has 27 heavy (non-hydrogen) atoms. The lowest BCUT2D eigenvalue weighted by molar-refractivity contribution is -0.121. The fourth-order valence-corrected chi connectivity index (χ4v) is 3.75. The van der Waals surface area contributed by atoms with Crippen LogP contribution in [-0.2, 0) is 11.3 Å². The summed E-state index contributed by atoms with van der Waals surface area (Å²) in [6, 6.07) is 14.3.